The minimum Gasteiger partial charge on any atom is -0.497 e. The molecule has 0 aliphatic heterocycles. The topological polar surface area (TPSA) is 149 Å². The van der Waals surface area contributed by atoms with Gasteiger partial charge < -0.3 is 19.9 Å². The van der Waals surface area contributed by atoms with Gasteiger partial charge >= 0.3 is 11.8 Å². The van der Waals surface area contributed by atoms with Crippen LogP contribution in [0.1, 0.15) is 21.0 Å². The molecule has 2 N–H and O–H groups in total. The van der Waals surface area contributed by atoms with Crippen LogP contribution in [0.4, 0.5) is 5.69 Å². The minimum absolute atomic E-state index is 0.0387. The Labute approximate surface area is 180 Å². The standard InChI is InChI=1S/C19H16ClN5O6/c1-30-13-5-2-11(3-6-13)16-23-19(31-24-16)18(27)22-9-8-21-17(26)14-10-12(25(28)29)4-7-15(14)20/h2-7,10H,8-9H2,1H3,(H,21,26)(H,22,27). The maximum absolute atomic E-state index is 12.2. The normalized spacial score (nSPS) is 10.4. The molecule has 0 atom stereocenters. The fourth-order valence-corrected chi connectivity index (χ4v) is 2.70. The van der Waals surface area contributed by atoms with Crippen molar-refractivity contribution in [2.45, 2.75) is 0 Å². The number of carbonyl (C=O) groups excluding carboxylic acids is 2. The molecule has 0 saturated carbocycles. The van der Waals surface area contributed by atoms with Crippen molar-refractivity contribution in [3.63, 3.8) is 0 Å². The van der Waals surface area contributed by atoms with Gasteiger partial charge in [-0.25, -0.2) is 0 Å². The second-order valence-electron chi connectivity index (χ2n) is 6.08. The number of nitrogens with zero attached hydrogens (tertiary/aromatic N) is 3. The first-order valence-electron chi connectivity index (χ1n) is 8.87. The molecule has 31 heavy (non-hydrogen) atoms. The molecular weight excluding hydrogens is 430 g/mol. The summed E-state index contributed by atoms with van der Waals surface area (Å²) in [6.45, 7) is 0.0977. The third kappa shape index (κ3) is 5.34. The average molecular weight is 446 g/mol. The molecule has 11 nitrogen and oxygen atoms in total. The Balaban J connectivity index is 1.51. The van der Waals surface area contributed by atoms with Gasteiger partial charge in [0, 0.05) is 30.8 Å². The summed E-state index contributed by atoms with van der Waals surface area (Å²) in [5.74, 6) is -0.559. The van der Waals surface area contributed by atoms with Gasteiger partial charge in [0.2, 0.25) is 5.82 Å². The van der Waals surface area contributed by atoms with Gasteiger partial charge in [-0.15, -0.1) is 0 Å². The molecular formula is C19H16ClN5O6. The summed E-state index contributed by atoms with van der Waals surface area (Å²) in [4.78, 5) is 38.6. The predicted octanol–water partition coefficient (Wildman–Crippen LogP) is 2.47. The fourth-order valence-electron chi connectivity index (χ4n) is 2.50. The van der Waals surface area contributed by atoms with Crippen LogP contribution in [0, 0.1) is 10.1 Å². The third-order valence-electron chi connectivity index (χ3n) is 4.07. The molecule has 1 aromatic heterocycles. The van der Waals surface area contributed by atoms with Crippen molar-refractivity contribution in [3.8, 4) is 17.1 Å². The van der Waals surface area contributed by atoms with Gasteiger partial charge in [0.15, 0.2) is 0 Å². The van der Waals surface area contributed by atoms with E-state index in [1.54, 1.807) is 31.4 Å². The number of aromatic nitrogens is 2. The molecule has 3 rings (SSSR count). The zero-order valence-electron chi connectivity index (χ0n) is 16.1. The number of hydrogen-bond donors (Lipinski definition) is 2. The van der Waals surface area contributed by atoms with Crippen molar-refractivity contribution in [3.05, 3.63) is 69.1 Å². The highest BCUT2D eigenvalue weighted by atomic mass is 35.5. The number of benzene rings is 2. The van der Waals surface area contributed by atoms with Crippen molar-refractivity contribution in [2.24, 2.45) is 0 Å². The second-order valence-corrected chi connectivity index (χ2v) is 6.49. The van der Waals surface area contributed by atoms with Crippen LogP contribution in [0.15, 0.2) is 47.0 Å². The summed E-state index contributed by atoms with van der Waals surface area (Å²) in [5, 5.41) is 19.7. The summed E-state index contributed by atoms with van der Waals surface area (Å²) in [7, 11) is 1.55. The van der Waals surface area contributed by atoms with Gasteiger partial charge in [-0.1, -0.05) is 16.8 Å². The first-order chi connectivity index (χ1) is 14.9. The Hall–Kier alpha value is -3.99. The summed E-state index contributed by atoms with van der Waals surface area (Å²) >= 11 is 5.92. The van der Waals surface area contributed by atoms with Crippen molar-refractivity contribution in [1.82, 2.24) is 20.8 Å². The van der Waals surface area contributed by atoms with Crippen LogP contribution < -0.4 is 15.4 Å². The van der Waals surface area contributed by atoms with E-state index >= 15 is 0 Å². The molecule has 0 radical (unpaired) electrons. The highest BCUT2D eigenvalue weighted by Gasteiger charge is 2.17. The first-order valence-corrected chi connectivity index (χ1v) is 9.25. The maximum Gasteiger partial charge on any atom is 0.316 e. The number of hydrogen-bond acceptors (Lipinski definition) is 8. The lowest BCUT2D eigenvalue weighted by atomic mass is 10.2. The molecule has 2 aromatic carbocycles. The number of rotatable bonds is 8. The van der Waals surface area contributed by atoms with Crippen LogP contribution >= 0.6 is 11.6 Å². The van der Waals surface area contributed by atoms with E-state index in [9.17, 15) is 19.7 Å². The SMILES string of the molecule is COc1ccc(-c2noc(C(=O)NCCNC(=O)c3cc([N+](=O)[O-])ccc3Cl)n2)cc1. The zero-order valence-corrected chi connectivity index (χ0v) is 16.9. The van der Waals surface area contributed by atoms with Crippen molar-refractivity contribution < 1.29 is 23.8 Å². The molecule has 0 bridgehead atoms. The Morgan fingerprint density at radius 2 is 1.81 bits per heavy atom. The van der Waals surface area contributed by atoms with Crippen LogP contribution in [0.25, 0.3) is 11.4 Å². The lowest BCUT2D eigenvalue weighted by Crippen LogP contribution is -2.35. The van der Waals surface area contributed by atoms with Crippen LogP contribution in [-0.4, -0.2) is 47.1 Å². The van der Waals surface area contributed by atoms with E-state index in [2.05, 4.69) is 20.8 Å². The average Bonchev–Trinajstić information content (AvgIpc) is 3.27. The van der Waals surface area contributed by atoms with Crippen LogP contribution in [-0.2, 0) is 0 Å². The number of nitro benzene ring substituents is 1. The zero-order chi connectivity index (χ0) is 22.4. The van der Waals surface area contributed by atoms with E-state index < -0.39 is 16.7 Å². The Morgan fingerprint density at radius 1 is 1.13 bits per heavy atom. The number of nitrogens with one attached hydrogen (secondary N) is 2. The summed E-state index contributed by atoms with van der Waals surface area (Å²) in [6, 6.07) is 10.4. The lowest BCUT2D eigenvalue weighted by molar-refractivity contribution is -0.384. The van der Waals surface area contributed by atoms with Crippen molar-refractivity contribution in [2.75, 3.05) is 20.2 Å². The molecule has 0 spiro atoms. The van der Waals surface area contributed by atoms with Crippen LogP contribution in [0.5, 0.6) is 5.75 Å². The van der Waals surface area contributed by atoms with E-state index in [0.29, 0.717) is 11.3 Å². The van der Waals surface area contributed by atoms with Gasteiger partial charge in [-0.2, -0.15) is 4.98 Å². The highest BCUT2D eigenvalue weighted by Crippen LogP contribution is 2.22. The van der Waals surface area contributed by atoms with Gasteiger partial charge in [0.1, 0.15) is 5.75 Å². The van der Waals surface area contributed by atoms with Crippen molar-refractivity contribution >= 4 is 29.1 Å². The summed E-state index contributed by atoms with van der Waals surface area (Å²) in [6.07, 6.45) is 0. The summed E-state index contributed by atoms with van der Waals surface area (Å²) < 4.78 is 10.0. The molecule has 0 fully saturated rings. The number of halogens is 1. The Kier molecular flexibility index (Phi) is 6.78. The molecule has 2 amide bonds. The molecule has 3 aromatic rings. The van der Waals surface area contributed by atoms with Gasteiger partial charge in [0.25, 0.3) is 11.6 Å². The second kappa shape index (κ2) is 9.67. The maximum atomic E-state index is 12.2. The predicted molar refractivity (Wildman–Crippen MR) is 109 cm³/mol. The molecule has 0 unspecified atom stereocenters. The number of nitro groups is 1. The minimum atomic E-state index is -0.627. The molecule has 0 aliphatic rings. The van der Waals surface area contributed by atoms with Crippen LogP contribution in [0.2, 0.25) is 5.02 Å². The third-order valence-corrected chi connectivity index (χ3v) is 4.40. The van der Waals surface area contributed by atoms with E-state index in [1.165, 1.54) is 12.1 Å². The highest BCUT2D eigenvalue weighted by molar-refractivity contribution is 6.33. The summed E-state index contributed by atoms with van der Waals surface area (Å²) in [5.41, 5.74) is 0.347. The fraction of sp³-hybridized carbons (Fsp3) is 0.158. The molecule has 0 saturated heterocycles. The van der Waals surface area contributed by atoms with Gasteiger partial charge in [0.05, 0.1) is 22.6 Å². The quantitative estimate of drug-likeness (QED) is 0.305. The Morgan fingerprint density at radius 3 is 2.45 bits per heavy atom. The van der Waals surface area contributed by atoms with Crippen LogP contribution in [0.3, 0.4) is 0 Å². The molecule has 0 aliphatic carbocycles. The molecule has 1 heterocycles. The van der Waals surface area contributed by atoms with Gasteiger partial charge in [-0.3, -0.25) is 19.7 Å². The monoisotopic (exact) mass is 445 g/mol. The smallest absolute Gasteiger partial charge is 0.316 e. The lowest BCUT2D eigenvalue weighted by Gasteiger charge is -2.07. The van der Waals surface area contributed by atoms with E-state index in [0.717, 1.165) is 6.07 Å². The number of amides is 2. The molecule has 12 heteroatoms. The molecule has 160 valence electrons. The number of ether oxygens (including phenoxy) is 1. The van der Waals surface area contributed by atoms with E-state index in [4.69, 9.17) is 20.9 Å². The van der Waals surface area contributed by atoms with E-state index in [1.807, 2.05) is 0 Å². The first kappa shape index (κ1) is 21.7. The Bertz CT molecular complexity index is 1120. The number of non-ortho nitro benzene ring substituents is 1. The van der Waals surface area contributed by atoms with Gasteiger partial charge in [-0.05, 0) is 30.3 Å². The largest absolute Gasteiger partial charge is 0.497 e. The number of carbonyl (C=O) groups is 2. The van der Waals surface area contributed by atoms with E-state index in [-0.39, 0.29) is 41.1 Å². The number of methoxy groups -OCH3 is 1. The van der Waals surface area contributed by atoms with Crippen molar-refractivity contribution in [1.29, 1.82) is 0 Å².